The number of unbranched alkanes of at least 4 members (excludes halogenated alkanes) is 1. The van der Waals surface area contributed by atoms with Gasteiger partial charge in [-0.2, -0.15) is 0 Å². The van der Waals surface area contributed by atoms with Gasteiger partial charge in [-0.1, -0.05) is 6.92 Å². The first-order valence-corrected chi connectivity index (χ1v) is 8.14. The molecule has 0 aliphatic heterocycles. The molecule has 0 spiro atoms. The molecule has 0 aromatic heterocycles. The van der Waals surface area contributed by atoms with Crippen LogP contribution in [0.25, 0.3) is 0 Å². The molecular weight excluding hydrogens is 373 g/mol. The Labute approximate surface area is 135 Å². The van der Waals surface area contributed by atoms with E-state index in [1.54, 1.807) is 0 Å². The van der Waals surface area contributed by atoms with Gasteiger partial charge in [-0.3, -0.25) is 13.1 Å². The average Bonchev–Trinajstić information content (AvgIpc) is 2.45. The number of nitrogens with one attached hydrogen (secondary N) is 2. The van der Waals surface area contributed by atoms with Crippen molar-refractivity contribution in [2.24, 2.45) is 11.7 Å². The van der Waals surface area contributed by atoms with E-state index in [2.05, 4.69) is 8.85 Å². The molecule has 4 N–H and O–H groups in total. The predicted octanol–water partition coefficient (Wildman–Crippen LogP) is 1.13. The molecule has 0 aromatic rings. The van der Waals surface area contributed by atoms with Crippen LogP contribution in [0.1, 0.15) is 39.0 Å². The van der Waals surface area contributed by atoms with E-state index in [9.17, 15) is 9.59 Å². The summed E-state index contributed by atoms with van der Waals surface area (Å²) in [5.41, 5.74) is 5.37. The van der Waals surface area contributed by atoms with E-state index in [0.717, 1.165) is 19.3 Å². The van der Waals surface area contributed by atoms with Gasteiger partial charge in [0.1, 0.15) is 0 Å². The third-order valence-corrected chi connectivity index (χ3v) is 3.42. The summed E-state index contributed by atoms with van der Waals surface area (Å²) in [5.74, 6) is -0.0277. The lowest BCUT2D eigenvalue weighted by Crippen LogP contribution is -2.27. The third-order valence-electron chi connectivity index (χ3n) is 2.89. The lowest BCUT2D eigenvalue weighted by molar-refractivity contribution is -0.124. The van der Waals surface area contributed by atoms with Gasteiger partial charge in [-0.05, 0) is 32.2 Å². The summed E-state index contributed by atoms with van der Waals surface area (Å²) in [6.45, 7) is 4.31. The van der Waals surface area contributed by atoms with Crippen LogP contribution in [0, 0.1) is 5.92 Å². The van der Waals surface area contributed by atoms with Crippen LogP contribution in [0.3, 0.4) is 0 Å². The van der Waals surface area contributed by atoms with Gasteiger partial charge in [-0.25, -0.2) is 0 Å². The minimum Gasteiger partial charge on any atom is -0.380 e. The summed E-state index contributed by atoms with van der Waals surface area (Å²) in [6, 6.07) is 0. The van der Waals surface area contributed by atoms with Gasteiger partial charge in [0.25, 0.3) is 0 Å². The van der Waals surface area contributed by atoms with Crippen molar-refractivity contribution in [2.75, 3.05) is 26.3 Å². The molecule has 20 heavy (non-hydrogen) atoms. The molecule has 118 valence electrons. The highest BCUT2D eigenvalue weighted by molar-refractivity contribution is 14.1. The van der Waals surface area contributed by atoms with Crippen LogP contribution in [0.5, 0.6) is 0 Å². The maximum atomic E-state index is 11.5. The molecule has 7 heteroatoms. The molecule has 0 saturated heterocycles. The Morgan fingerprint density at radius 1 is 1.25 bits per heavy atom. The minimum atomic E-state index is -0.0504. The lowest BCUT2D eigenvalue weighted by atomic mass is 10.0. The monoisotopic (exact) mass is 399 g/mol. The molecule has 0 rings (SSSR count). The first kappa shape index (κ1) is 19.6. The van der Waals surface area contributed by atoms with Crippen molar-refractivity contribution in [1.82, 2.24) is 8.85 Å². The zero-order valence-electron chi connectivity index (χ0n) is 12.1. The molecule has 0 heterocycles. The minimum absolute atomic E-state index is 0.0110. The van der Waals surface area contributed by atoms with Crippen molar-refractivity contribution in [3.63, 3.8) is 0 Å². The standard InChI is InChI=1S/C13H26IN3O3/c1-11(13(19)17-14)5-4-6-12(18)16-8-10-20-9-3-2-7-15/h11H,2-10,15H2,1H3,(H,16,18)(H,17,19). The Balaban J connectivity index is 3.39. The van der Waals surface area contributed by atoms with E-state index in [-0.39, 0.29) is 17.7 Å². The van der Waals surface area contributed by atoms with E-state index in [1.807, 2.05) is 29.8 Å². The zero-order valence-corrected chi connectivity index (χ0v) is 14.3. The Morgan fingerprint density at radius 2 is 2.00 bits per heavy atom. The molecule has 0 radical (unpaired) electrons. The number of hydrogen-bond acceptors (Lipinski definition) is 4. The maximum absolute atomic E-state index is 11.5. The number of rotatable bonds is 12. The van der Waals surface area contributed by atoms with Crippen molar-refractivity contribution in [2.45, 2.75) is 39.0 Å². The van der Waals surface area contributed by atoms with Crippen LogP contribution < -0.4 is 14.6 Å². The SMILES string of the molecule is CC(CCCC(=O)NCCOCCCCN)C(=O)NI. The number of hydrogen-bond donors (Lipinski definition) is 3. The van der Waals surface area contributed by atoms with E-state index in [1.165, 1.54) is 0 Å². The molecule has 2 amide bonds. The number of halogens is 1. The van der Waals surface area contributed by atoms with Gasteiger partial charge in [0.05, 0.1) is 29.5 Å². The highest BCUT2D eigenvalue weighted by Crippen LogP contribution is 2.08. The van der Waals surface area contributed by atoms with Crippen molar-refractivity contribution in [3.05, 3.63) is 0 Å². The van der Waals surface area contributed by atoms with Crippen LogP contribution in [0.2, 0.25) is 0 Å². The third kappa shape index (κ3) is 11.4. The van der Waals surface area contributed by atoms with Gasteiger partial charge < -0.3 is 15.8 Å². The van der Waals surface area contributed by atoms with E-state index >= 15 is 0 Å². The zero-order chi connectivity index (χ0) is 15.2. The van der Waals surface area contributed by atoms with Crippen molar-refractivity contribution in [1.29, 1.82) is 0 Å². The lowest BCUT2D eigenvalue weighted by Gasteiger charge is -2.09. The molecule has 0 bridgehead atoms. The molecule has 0 saturated carbocycles. The van der Waals surface area contributed by atoms with E-state index in [0.29, 0.717) is 39.1 Å². The number of ether oxygens (including phenoxy) is 1. The van der Waals surface area contributed by atoms with Crippen LogP contribution in [-0.2, 0) is 14.3 Å². The van der Waals surface area contributed by atoms with Crippen LogP contribution >= 0.6 is 22.9 Å². The molecule has 1 atom stereocenters. The van der Waals surface area contributed by atoms with Gasteiger partial charge >= 0.3 is 0 Å². The molecule has 0 aliphatic carbocycles. The topological polar surface area (TPSA) is 93.4 Å². The molecule has 1 unspecified atom stereocenters. The fourth-order valence-electron chi connectivity index (χ4n) is 1.59. The van der Waals surface area contributed by atoms with Crippen molar-refractivity contribution in [3.8, 4) is 0 Å². The summed E-state index contributed by atoms with van der Waals surface area (Å²) in [4.78, 5) is 22.8. The Hall–Kier alpha value is -0.410. The highest BCUT2D eigenvalue weighted by Gasteiger charge is 2.11. The summed E-state index contributed by atoms with van der Waals surface area (Å²) >= 11 is 1.83. The summed E-state index contributed by atoms with van der Waals surface area (Å²) in [5, 5.41) is 2.80. The first-order chi connectivity index (χ1) is 9.61. The Kier molecular flexibility index (Phi) is 13.3. The molecule has 0 fully saturated rings. The van der Waals surface area contributed by atoms with Crippen LogP contribution in [0.4, 0.5) is 0 Å². The highest BCUT2D eigenvalue weighted by atomic mass is 127. The van der Waals surface area contributed by atoms with Crippen molar-refractivity contribution >= 4 is 34.7 Å². The molecular formula is C13H26IN3O3. The quantitative estimate of drug-likeness (QED) is 0.261. The number of nitrogens with two attached hydrogens (primary N) is 1. The van der Waals surface area contributed by atoms with Gasteiger partial charge in [0.2, 0.25) is 11.8 Å². The largest absolute Gasteiger partial charge is 0.380 e. The number of carbonyl (C=O) groups is 2. The van der Waals surface area contributed by atoms with Gasteiger partial charge in [-0.15, -0.1) is 0 Å². The summed E-state index contributed by atoms with van der Waals surface area (Å²) in [6.07, 6.45) is 3.81. The number of carbonyl (C=O) groups excluding carboxylic acids is 2. The Morgan fingerprint density at radius 3 is 2.65 bits per heavy atom. The second kappa shape index (κ2) is 13.6. The maximum Gasteiger partial charge on any atom is 0.231 e. The molecule has 0 aromatic carbocycles. The van der Waals surface area contributed by atoms with Crippen molar-refractivity contribution < 1.29 is 14.3 Å². The van der Waals surface area contributed by atoms with Crippen LogP contribution in [-0.4, -0.2) is 38.1 Å². The average molecular weight is 399 g/mol. The molecule has 6 nitrogen and oxygen atoms in total. The second-order valence-corrected chi connectivity index (χ2v) is 5.25. The summed E-state index contributed by atoms with van der Waals surface area (Å²) < 4.78 is 7.92. The van der Waals surface area contributed by atoms with Gasteiger partial charge in [0.15, 0.2) is 0 Å². The van der Waals surface area contributed by atoms with Gasteiger partial charge in [0, 0.05) is 25.5 Å². The summed E-state index contributed by atoms with van der Waals surface area (Å²) in [7, 11) is 0. The predicted molar refractivity (Wildman–Crippen MR) is 87.3 cm³/mol. The van der Waals surface area contributed by atoms with E-state index in [4.69, 9.17) is 10.5 Å². The van der Waals surface area contributed by atoms with E-state index < -0.39 is 0 Å². The first-order valence-electron chi connectivity index (χ1n) is 7.06. The number of amides is 2. The Bertz CT molecular complexity index is 278. The fraction of sp³-hybridized carbons (Fsp3) is 0.846. The molecule has 0 aliphatic rings. The van der Waals surface area contributed by atoms with Crippen LogP contribution in [0.15, 0.2) is 0 Å². The fourth-order valence-corrected chi connectivity index (χ4v) is 2.13. The normalized spacial score (nSPS) is 11.9. The second-order valence-electron chi connectivity index (χ2n) is 4.71. The smallest absolute Gasteiger partial charge is 0.231 e.